The second kappa shape index (κ2) is 5.75. The highest BCUT2D eigenvalue weighted by molar-refractivity contribution is 5.47. The van der Waals surface area contributed by atoms with Crippen LogP contribution in [0.2, 0.25) is 0 Å². The first-order valence-corrected chi connectivity index (χ1v) is 5.63. The third kappa shape index (κ3) is 4.11. The van der Waals surface area contributed by atoms with Crippen molar-refractivity contribution in [1.29, 1.82) is 0 Å². The van der Waals surface area contributed by atoms with Crippen LogP contribution in [-0.2, 0) is 6.54 Å². The maximum atomic E-state index is 5.81. The van der Waals surface area contributed by atoms with Crippen molar-refractivity contribution in [3.05, 3.63) is 23.8 Å². The smallest absolute Gasteiger partial charge is 0.121 e. The lowest BCUT2D eigenvalue weighted by Gasteiger charge is -2.19. The Morgan fingerprint density at radius 2 is 2.00 bits per heavy atom. The number of benzene rings is 1. The number of anilines is 1. The van der Waals surface area contributed by atoms with Gasteiger partial charge in [0.15, 0.2) is 0 Å². The number of hydrogen-bond acceptors (Lipinski definition) is 3. The van der Waals surface area contributed by atoms with Crippen molar-refractivity contribution in [1.82, 2.24) is 4.90 Å². The zero-order chi connectivity index (χ0) is 12.1. The zero-order valence-corrected chi connectivity index (χ0v) is 10.7. The van der Waals surface area contributed by atoms with Gasteiger partial charge in [-0.15, -0.1) is 0 Å². The van der Waals surface area contributed by atoms with Crippen molar-refractivity contribution in [2.24, 2.45) is 5.92 Å². The molecule has 2 N–H and O–H groups in total. The van der Waals surface area contributed by atoms with Crippen LogP contribution in [-0.4, -0.2) is 25.6 Å². The molecule has 0 aliphatic carbocycles. The molecule has 0 saturated carbocycles. The Morgan fingerprint density at radius 3 is 2.56 bits per heavy atom. The van der Waals surface area contributed by atoms with Crippen LogP contribution in [0.1, 0.15) is 19.4 Å². The monoisotopic (exact) mass is 222 g/mol. The summed E-state index contributed by atoms with van der Waals surface area (Å²) in [5, 5.41) is 0. The van der Waals surface area contributed by atoms with Crippen molar-refractivity contribution in [3.8, 4) is 5.75 Å². The third-order valence-electron chi connectivity index (χ3n) is 2.35. The van der Waals surface area contributed by atoms with E-state index in [0.717, 1.165) is 24.5 Å². The fourth-order valence-electron chi connectivity index (χ4n) is 1.89. The van der Waals surface area contributed by atoms with Crippen LogP contribution < -0.4 is 10.5 Å². The van der Waals surface area contributed by atoms with Crippen molar-refractivity contribution in [2.45, 2.75) is 20.4 Å². The molecule has 3 nitrogen and oxygen atoms in total. The number of methoxy groups -OCH3 is 1. The van der Waals surface area contributed by atoms with E-state index in [4.69, 9.17) is 10.5 Å². The van der Waals surface area contributed by atoms with E-state index in [9.17, 15) is 0 Å². The molecule has 0 saturated heterocycles. The summed E-state index contributed by atoms with van der Waals surface area (Å²) >= 11 is 0. The quantitative estimate of drug-likeness (QED) is 0.777. The maximum Gasteiger partial charge on any atom is 0.121 e. The Morgan fingerprint density at radius 1 is 1.31 bits per heavy atom. The van der Waals surface area contributed by atoms with Crippen molar-refractivity contribution in [3.63, 3.8) is 0 Å². The molecule has 0 fully saturated rings. The van der Waals surface area contributed by atoms with E-state index in [1.54, 1.807) is 7.11 Å². The molecular weight excluding hydrogens is 200 g/mol. The highest BCUT2D eigenvalue weighted by Crippen LogP contribution is 2.19. The second-order valence-electron chi connectivity index (χ2n) is 4.71. The van der Waals surface area contributed by atoms with Gasteiger partial charge in [0.2, 0.25) is 0 Å². The van der Waals surface area contributed by atoms with Gasteiger partial charge in [-0.3, -0.25) is 0 Å². The zero-order valence-electron chi connectivity index (χ0n) is 10.7. The fourth-order valence-corrected chi connectivity index (χ4v) is 1.89. The predicted molar refractivity (Wildman–Crippen MR) is 68.6 cm³/mol. The van der Waals surface area contributed by atoms with Gasteiger partial charge in [0.25, 0.3) is 0 Å². The molecule has 0 spiro atoms. The number of nitrogen functional groups attached to an aromatic ring is 1. The molecule has 1 aromatic rings. The molecule has 0 atom stereocenters. The summed E-state index contributed by atoms with van der Waals surface area (Å²) in [5.74, 6) is 1.50. The van der Waals surface area contributed by atoms with Crippen molar-refractivity contribution >= 4 is 5.69 Å². The van der Waals surface area contributed by atoms with Crippen LogP contribution >= 0.6 is 0 Å². The Hall–Kier alpha value is -1.22. The molecule has 0 unspecified atom stereocenters. The Balaban J connectivity index is 2.69. The first-order chi connectivity index (χ1) is 7.51. The van der Waals surface area contributed by atoms with Crippen LogP contribution in [0.25, 0.3) is 0 Å². The van der Waals surface area contributed by atoms with Gasteiger partial charge in [0.1, 0.15) is 5.75 Å². The van der Waals surface area contributed by atoms with E-state index in [1.807, 2.05) is 18.2 Å². The Bertz CT molecular complexity index is 337. The molecule has 0 bridgehead atoms. The number of nitrogens with zero attached hydrogens (tertiary/aromatic N) is 1. The topological polar surface area (TPSA) is 38.5 Å². The minimum Gasteiger partial charge on any atom is -0.497 e. The highest BCUT2D eigenvalue weighted by Gasteiger charge is 2.05. The summed E-state index contributed by atoms with van der Waals surface area (Å²) in [5.41, 5.74) is 7.76. The summed E-state index contributed by atoms with van der Waals surface area (Å²) in [7, 11) is 3.78. The molecule has 16 heavy (non-hydrogen) atoms. The summed E-state index contributed by atoms with van der Waals surface area (Å²) in [4.78, 5) is 2.29. The van der Waals surface area contributed by atoms with Crippen molar-refractivity contribution in [2.75, 3.05) is 26.4 Å². The largest absolute Gasteiger partial charge is 0.497 e. The van der Waals surface area contributed by atoms with E-state index < -0.39 is 0 Å². The van der Waals surface area contributed by atoms with E-state index in [2.05, 4.69) is 25.8 Å². The molecule has 1 rings (SSSR count). The fraction of sp³-hybridized carbons (Fsp3) is 0.538. The molecular formula is C13H22N2O. The molecule has 0 heterocycles. The normalized spacial score (nSPS) is 11.1. The van der Waals surface area contributed by atoms with Crippen LogP contribution in [0, 0.1) is 5.92 Å². The predicted octanol–water partition coefficient (Wildman–Crippen LogP) is 2.37. The first kappa shape index (κ1) is 12.8. The number of nitrogens with two attached hydrogens (primary N) is 1. The Kier molecular flexibility index (Phi) is 4.62. The number of rotatable bonds is 5. The molecule has 0 radical (unpaired) electrons. The maximum absolute atomic E-state index is 5.81. The average Bonchev–Trinajstić information content (AvgIpc) is 2.14. The molecule has 3 heteroatoms. The van der Waals surface area contributed by atoms with E-state index in [1.165, 1.54) is 5.56 Å². The van der Waals surface area contributed by atoms with Crippen LogP contribution in [0.15, 0.2) is 18.2 Å². The minimum absolute atomic E-state index is 0.674. The summed E-state index contributed by atoms with van der Waals surface area (Å²) in [6.45, 7) is 6.42. The number of ether oxygens (including phenoxy) is 1. The molecule has 0 aromatic heterocycles. The van der Waals surface area contributed by atoms with Gasteiger partial charge >= 0.3 is 0 Å². The highest BCUT2D eigenvalue weighted by atomic mass is 16.5. The SMILES string of the molecule is COc1cc(N)cc(CN(C)CC(C)C)c1. The third-order valence-corrected chi connectivity index (χ3v) is 2.35. The van der Waals surface area contributed by atoms with E-state index in [0.29, 0.717) is 5.92 Å². The van der Waals surface area contributed by atoms with Gasteiger partial charge in [0, 0.05) is 24.8 Å². The Labute approximate surface area is 98.2 Å². The van der Waals surface area contributed by atoms with Crippen LogP contribution in [0.3, 0.4) is 0 Å². The average molecular weight is 222 g/mol. The summed E-state index contributed by atoms with van der Waals surface area (Å²) in [6.07, 6.45) is 0. The van der Waals surface area contributed by atoms with Crippen molar-refractivity contribution < 1.29 is 4.74 Å². The van der Waals surface area contributed by atoms with Gasteiger partial charge < -0.3 is 15.4 Å². The number of hydrogen-bond donors (Lipinski definition) is 1. The van der Waals surface area contributed by atoms with Crippen LogP contribution in [0.5, 0.6) is 5.75 Å². The standard InChI is InChI=1S/C13H22N2O/c1-10(2)8-15(3)9-11-5-12(14)7-13(6-11)16-4/h5-7,10H,8-9,14H2,1-4H3. The molecule has 0 aliphatic heterocycles. The summed E-state index contributed by atoms with van der Waals surface area (Å²) in [6, 6.07) is 5.87. The minimum atomic E-state index is 0.674. The molecule has 1 aromatic carbocycles. The molecule has 90 valence electrons. The second-order valence-corrected chi connectivity index (χ2v) is 4.71. The lowest BCUT2D eigenvalue weighted by molar-refractivity contribution is 0.288. The van der Waals surface area contributed by atoms with Gasteiger partial charge in [-0.1, -0.05) is 13.8 Å². The van der Waals surface area contributed by atoms with Gasteiger partial charge in [-0.2, -0.15) is 0 Å². The van der Waals surface area contributed by atoms with Crippen LogP contribution in [0.4, 0.5) is 5.69 Å². The van der Waals surface area contributed by atoms with Gasteiger partial charge in [0.05, 0.1) is 7.11 Å². The molecule has 0 aliphatic rings. The summed E-state index contributed by atoms with van der Waals surface area (Å²) < 4.78 is 5.20. The lowest BCUT2D eigenvalue weighted by atomic mass is 10.1. The van der Waals surface area contributed by atoms with E-state index >= 15 is 0 Å². The lowest BCUT2D eigenvalue weighted by Crippen LogP contribution is -2.22. The van der Waals surface area contributed by atoms with Gasteiger partial charge in [-0.05, 0) is 30.7 Å². The van der Waals surface area contributed by atoms with E-state index in [-0.39, 0.29) is 0 Å². The molecule has 0 amide bonds. The first-order valence-electron chi connectivity index (χ1n) is 5.63. The van der Waals surface area contributed by atoms with Gasteiger partial charge in [-0.25, -0.2) is 0 Å².